The molecule has 5 nitrogen and oxygen atoms in total. The van der Waals surface area contributed by atoms with Crippen LogP contribution >= 0.6 is 12.2 Å². The highest BCUT2D eigenvalue weighted by Crippen LogP contribution is 2.11. The second-order valence-electron chi connectivity index (χ2n) is 3.91. The summed E-state index contributed by atoms with van der Waals surface area (Å²) in [5.41, 5.74) is 2.71. The second-order valence-corrected chi connectivity index (χ2v) is 4.32. The van der Waals surface area contributed by atoms with Gasteiger partial charge in [-0.3, -0.25) is 5.43 Å². The summed E-state index contributed by atoms with van der Waals surface area (Å²) in [6.07, 6.45) is 4.63. The normalized spacial score (nSPS) is 16.5. The van der Waals surface area contributed by atoms with Gasteiger partial charge in [-0.05, 0) is 25.0 Å². The topological polar surface area (TPSA) is 57.4 Å². The van der Waals surface area contributed by atoms with E-state index in [9.17, 15) is 4.79 Å². The molecule has 0 spiro atoms. The van der Waals surface area contributed by atoms with Crippen molar-refractivity contribution in [2.24, 2.45) is 0 Å². The predicted octanol–water partition coefficient (Wildman–Crippen LogP) is 2.23. The zero-order chi connectivity index (χ0) is 12.1. The number of rotatable bonds is 2. The van der Waals surface area contributed by atoms with Crippen molar-refractivity contribution < 1.29 is 9.53 Å². The van der Waals surface area contributed by atoms with Gasteiger partial charge in [0, 0.05) is 19.3 Å². The molecule has 92 valence electrons. The summed E-state index contributed by atoms with van der Waals surface area (Å²) in [7, 11) is 0. The van der Waals surface area contributed by atoms with Gasteiger partial charge in [0.2, 0.25) is 0 Å². The maximum atomic E-state index is 11.6. The van der Waals surface area contributed by atoms with Gasteiger partial charge in [-0.1, -0.05) is 18.6 Å². The number of nitrogens with one attached hydrogen (secondary N) is 2. The van der Waals surface area contributed by atoms with Crippen LogP contribution in [0, 0.1) is 4.64 Å². The van der Waals surface area contributed by atoms with Gasteiger partial charge in [-0.2, -0.15) is 0 Å². The lowest BCUT2D eigenvalue weighted by molar-refractivity contribution is 0.129. The summed E-state index contributed by atoms with van der Waals surface area (Å²) in [6, 6.07) is 3.40. The molecule has 6 heteroatoms. The average molecular weight is 253 g/mol. The van der Waals surface area contributed by atoms with Gasteiger partial charge < -0.3 is 9.72 Å². The number of H-pyrrole nitrogens is 1. The Labute approximate surface area is 105 Å². The number of hydrogen-bond donors (Lipinski definition) is 2. The third-order valence-corrected chi connectivity index (χ3v) is 2.91. The van der Waals surface area contributed by atoms with Gasteiger partial charge in [0.1, 0.15) is 4.64 Å². The molecule has 0 atom stereocenters. The summed E-state index contributed by atoms with van der Waals surface area (Å²) in [5, 5.41) is 1.88. The molecule has 1 aliphatic rings. The third-order valence-electron chi connectivity index (χ3n) is 2.59. The van der Waals surface area contributed by atoms with Crippen LogP contribution in [0.2, 0.25) is 0 Å². The maximum absolute atomic E-state index is 11.6. The molecule has 1 saturated heterocycles. The van der Waals surface area contributed by atoms with E-state index < -0.39 is 6.09 Å². The monoisotopic (exact) mass is 253 g/mol. The third kappa shape index (κ3) is 3.54. The lowest BCUT2D eigenvalue weighted by Crippen LogP contribution is -2.46. The standard InChI is InChI=1S/C11H15N3O2S/c15-11(13-14-7-2-1-3-8-14)16-9-5-4-6-12-10(9)17/h4-6H,1-3,7-8H2,(H,12,17)(H,13,15). The molecule has 2 heterocycles. The van der Waals surface area contributed by atoms with Crippen LogP contribution in [0.1, 0.15) is 19.3 Å². The summed E-state index contributed by atoms with van der Waals surface area (Å²) < 4.78 is 5.54. The van der Waals surface area contributed by atoms with E-state index in [-0.39, 0.29) is 0 Å². The Bertz CT molecular complexity index is 440. The van der Waals surface area contributed by atoms with E-state index in [1.54, 1.807) is 18.3 Å². The number of pyridine rings is 1. The molecule has 1 aromatic rings. The van der Waals surface area contributed by atoms with Gasteiger partial charge in [0.05, 0.1) is 0 Å². The SMILES string of the molecule is O=C(NN1CCCCC1)Oc1ccc[nH]c1=S. The minimum Gasteiger partial charge on any atom is -0.406 e. The Morgan fingerprint density at radius 1 is 1.41 bits per heavy atom. The first-order valence-corrected chi connectivity index (χ1v) is 6.07. The minimum atomic E-state index is -0.488. The molecule has 0 bridgehead atoms. The fourth-order valence-corrected chi connectivity index (χ4v) is 1.92. The molecule has 2 N–H and O–H groups in total. The number of hydrazine groups is 1. The van der Waals surface area contributed by atoms with Crippen molar-refractivity contribution in [1.82, 2.24) is 15.4 Å². The maximum Gasteiger partial charge on any atom is 0.427 e. The highest BCUT2D eigenvalue weighted by Gasteiger charge is 2.14. The Morgan fingerprint density at radius 3 is 2.88 bits per heavy atom. The van der Waals surface area contributed by atoms with Crippen molar-refractivity contribution in [3.63, 3.8) is 0 Å². The number of nitrogens with zero attached hydrogens (tertiary/aromatic N) is 1. The van der Waals surface area contributed by atoms with Gasteiger partial charge in [0.15, 0.2) is 5.75 Å². The highest BCUT2D eigenvalue weighted by molar-refractivity contribution is 7.71. The molecule has 2 rings (SSSR count). The smallest absolute Gasteiger partial charge is 0.406 e. The molecule has 1 aromatic heterocycles. The predicted molar refractivity (Wildman–Crippen MR) is 66.2 cm³/mol. The lowest BCUT2D eigenvalue weighted by atomic mass is 10.2. The molecule has 17 heavy (non-hydrogen) atoms. The van der Waals surface area contributed by atoms with Crippen molar-refractivity contribution in [3.05, 3.63) is 23.0 Å². The van der Waals surface area contributed by atoms with E-state index in [0.29, 0.717) is 10.4 Å². The number of carbonyl (C=O) groups excluding carboxylic acids is 1. The fraction of sp³-hybridized carbons (Fsp3) is 0.455. The fourth-order valence-electron chi connectivity index (χ4n) is 1.74. The summed E-state index contributed by atoms with van der Waals surface area (Å²) in [5.74, 6) is 0.372. The molecular formula is C11H15N3O2S. The van der Waals surface area contributed by atoms with E-state index >= 15 is 0 Å². The number of aromatic nitrogens is 1. The van der Waals surface area contributed by atoms with Crippen molar-refractivity contribution in [1.29, 1.82) is 0 Å². The van der Waals surface area contributed by atoms with Crippen LogP contribution in [-0.4, -0.2) is 29.2 Å². The van der Waals surface area contributed by atoms with Crippen LogP contribution < -0.4 is 10.2 Å². The molecular weight excluding hydrogens is 238 g/mol. The Morgan fingerprint density at radius 2 is 2.18 bits per heavy atom. The van der Waals surface area contributed by atoms with Crippen LogP contribution in [0.25, 0.3) is 0 Å². The Kier molecular flexibility index (Phi) is 4.11. The summed E-state index contributed by atoms with van der Waals surface area (Å²) >= 11 is 5.00. The summed E-state index contributed by atoms with van der Waals surface area (Å²) in [6.45, 7) is 1.74. The Hall–Kier alpha value is -1.40. The molecule has 0 saturated carbocycles. The van der Waals surface area contributed by atoms with Gasteiger partial charge >= 0.3 is 6.09 Å². The molecule has 0 radical (unpaired) electrons. The van der Waals surface area contributed by atoms with Crippen LogP contribution in [-0.2, 0) is 0 Å². The van der Waals surface area contributed by atoms with Gasteiger partial charge in [-0.25, -0.2) is 9.80 Å². The largest absolute Gasteiger partial charge is 0.427 e. The zero-order valence-corrected chi connectivity index (χ0v) is 10.3. The average Bonchev–Trinajstić information content (AvgIpc) is 2.33. The number of carbonyl (C=O) groups is 1. The van der Waals surface area contributed by atoms with Crippen molar-refractivity contribution in [3.8, 4) is 5.75 Å². The second kappa shape index (κ2) is 5.79. The molecule has 0 aliphatic carbocycles. The van der Waals surface area contributed by atoms with Gasteiger partial charge in [0.25, 0.3) is 0 Å². The molecule has 0 unspecified atom stereocenters. The highest BCUT2D eigenvalue weighted by atomic mass is 32.1. The molecule has 1 aliphatic heterocycles. The lowest BCUT2D eigenvalue weighted by Gasteiger charge is -2.26. The van der Waals surface area contributed by atoms with Crippen LogP contribution in [0.5, 0.6) is 5.75 Å². The molecule has 1 amide bonds. The number of aromatic amines is 1. The number of amides is 1. The van der Waals surface area contributed by atoms with Crippen molar-refractivity contribution in [2.75, 3.05) is 13.1 Å². The quantitative estimate of drug-likeness (QED) is 0.794. The first-order chi connectivity index (χ1) is 8.25. The van der Waals surface area contributed by atoms with Crippen LogP contribution in [0.4, 0.5) is 4.79 Å². The van der Waals surface area contributed by atoms with Crippen LogP contribution in [0.3, 0.4) is 0 Å². The van der Waals surface area contributed by atoms with E-state index in [1.165, 1.54) is 6.42 Å². The van der Waals surface area contributed by atoms with E-state index in [4.69, 9.17) is 17.0 Å². The van der Waals surface area contributed by atoms with E-state index in [2.05, 4.69) is 10.4 Å². The molecule has 1 fully saturated rings. The summed E-state index contributed by atoms with van der Waals surface area (Å²) in [4.78, 5) is 14.4. The first kappa shape index (κ1) is 12.1. The number of hydrogen-bond acceptors (Lipinski definition) is 4. The minimum absolute atomic E-state index is 0.372. The van der Waals surface area contributed by atoms with Crippen molar-refractivity contribution in [2.45, 2.75) is 19.3 Å². The first-order valence-electron chi connectivity index (χ1n) is 5.67. The Balaban J connectivity index is 1.89. The van der Waals surface area contributed by atoms with E-state index in [1.807, 2.05) is 5.01 Å². The van der Waals surface area contributed by atoms with E-state index in [0.717, 1.165) is 25.9 Å². The number of piperidine rings is 1. The number of ether oxygens (including phenoxy) is 1. The van der Waals surface area contributed by atoms with Crippen molar-refractivity contribution >= 4 is 18.3 Å². The van der Waals surface area contributed by atoms with Crippen LogP contribution in [0.15, 0.2) is 18.3 Å². The van der Waals surface area contributed by atoms with Gasteiger partial charge in [-0.15, -0.1) is 0 Å². The molecule has 0 aromatic carbocycles. The zero-order valence-electron chi connectivity index (χ0n) is 9.44.